The summed E-state index contributed by atoms with van der Waals surface area (Å²) >= 11 is 0. The van der Waals surface area contributed by atoms with E-state index in [2.05, 4.69) is 11.1 Å². The third-order valence-electron chi connectivity index (χ3n) is 1.35. The number of carbonyl (C=O) groups is 1. The molecule has 0 aromatic rings. The van der Waals surface area contributed by atoms with Gasteiger partial charge in [-0.05, 0) is 19.8 Å². The van der Waals surface area contributed by atoms with E-state index in [4.69, 9.17) is 9.63 Å². The second-order valence-corrected chi connectivity index (χ2v) is 3.56. The molecule has 14 heavy (non-hydrogen) atoms. The Morgan fingerprint density at radius 3 is 2.50 bits per heavy atom. The number of rotatable bonds is 7. The average Bonchev–Trinajstić information content (AvgIpc) is 2.09. The predicted octanol–water partition coefficient (Wildman–Crippen LogP) is 1.28. The zero-order valence-corrected chi connectivity index (χ0v) is 9.12. The van der Waals surface area contributed by atoms with Crippen LogP contribution in [0.2, 0.25) is 0 Å². The molecule has 0 aliphatic heterocycles. The maximum Gasteiger partial charge on any atom is 0.333 e. The Balaban J connectivity index is 3.26. The average molecular weight is 222 g/mol. The highest BCUT2D eigenvalue weighted by Crippen LogP contribution is 2.14. The molecule has 0 heterocycles. The summed E-state index contributed by atoms with van der Waals surface area (Å²) in [6.45, 7) is 5.48. The van der Waals surface area contributed by atoms with E-state index in [1.54, 1.807) is 6.92 Å². The van der Waals surface area contributed by atoms with Gasteiger partial charge in [0, 0.05) is 5.57 Å². The van der Waals surface area contributed by atoms with Crippen molar-refractivity contribution in [2.24, 2.45) is 0 Å². The lowest BCUT2D eigenvalue weighted by Crippen LogP contribution is -2.06. The zero-order chi connectivity index (χ0) is 11.0. The van der Waals surface area contributed by atoms with Crippen molar-refractivity contribution in [1.82, 2.24) is 0 Å². The number of esters is 1. The minimum Gasteiger partial charge on any atom is -0.462 e. The van der Waals surface area contributed by atoms with Crippen LogP contribution in [0.1, 0.15) is 19.8 Å². The molecule has 0 amide bonds. The fraction of sp³-hybridized carbons (Fsp3) is 0.625. The van der Waals surface area contributed by atoms with Crippen molar-refractivity contribution in [3.05, 3.63) is 12.2 Å². The molecule has 0 aromatic carbocycles. The number of hydrogen-bond acceptors (Lipinski definition) is 4. The molecule has 6 heteroatoms. The predicted molar refractivity (Wildman–Crippen MR) is 52.2 cm³/mol. The van der Waals surface area contributed by atoms with Gasteiger partial charge in [-0.2, -0.15) is 0 Å². The van der Waals surface area contributed by atoms with E-state index in [9.17, 15) is 9.36 Å². The molecule has 0 rings (SSSR count). The molecular weight excluding hydrogens is 207 g/mol. The van der Waals surface area contributed by atoms with Crippen molar-refractivity contribution in [3.8, 4) is 0 Å². The lowest BCUT2D eigenvalue weighted by molar-refractivity contribution is -0.139. The third kappa shape index (κ3) is 7.98. The second-order valence-electron chi connectivity index (χ2n) is 2.74. The molecule has 0 aliphatic rings. The van der Waals surface area contributed by atoms with Crippen LogP contribution in [0.3, 0.4) is 0 Å². The van der Waals surface area contributed by atoms with Gasteiger partial charge in [0.2, 0.25) is 0 Å². The lowest BCUT2D eigenvalue weighted by Gasteiger charge is -2.03. The molecular formula is C8H15O5P. The van der Waals surface area contributed by atoms with Crippen molar-refractivity contribution >= 4 is 14.2 Å². The number of unbranched alkanes of at least 4 members (excludes halogenated alkanes) is 1. The quantitative estimate of drug-likeness (QED) is 0.304. The van der Waals surface area contributed by atoms with Crippen LogP contribution in [0.25, 0.3) is 0 Å². The van der Waals surface area contributed by atoms with E-state index in [1.165, 1.54) is 0 Å². The minimum atomic E-state index is -2.82. The largest absolute Gasteiger partial charge is 0.462 e. The number of carbonyl (C=O) groups excluding carboxylic acids is 1. The van der Waals surface area contributed by atoms with Crippen LogP contribution in [0, 0.1) is 0 Å². The normalized spacial score (nSPS) is 12.1. The van der Waals surface area contributed by atoms with Gasteiger partial charge >= 0.3 is 14.2 Å². The van der Waals surface area contributed by atoms with Crippen molar-refractivity contribution in [2.45, 2.75) is 19.8 Å². The van der Waals surface area contributed by atoms with Gasteiger partial charge in [0.1, 0.15) is 0 Å². The van der Waals surface area contributed by atoms with E-state index in [0.29, 0.717) is 18.4 Å². The van der Waals surface area contributed by atoms with Gasteiger partial charge in [-0.25, -0.2) is 4.79 Å². The van der Waals surface area contributed by atoms with Gasteiger partial charge in [0.05, 0.1) is 13.2 Å². The van der Waals surface area contributed by atoms with Crippen molar-refractivity contribution < 1.29 is 23.5 Å². The molecule has 0 aromatic heterocycles. The maximum absolute atomic E-state index is 10.8. The maximum atomic E-state index is 10.8. The summed E-state index contributed by atoms with van der Waals surface area (Å²) in [6, 6.07) is 0. The molecule has 1 unspecified atom stereocenters. The summed E-state index contributed by atoms with van der Waals surface area (Å²) in [5.41, 5.74) is 0.363. The van der Waals surface area contributed by atoms with E-state index in [1.807, 2.05) is 0 Å². The van der Waals surface area contributed by atoms with E-state index in [0.717, 1.165) is 0 Å². The highest BCUT2D eigenvalue weighted by Gasteiger charge is 2.01. The van der Waals surface area contributed by atoms with Crippen LogP contribution < -0.4 is 0 Å². The molecule has 0 aliphatic carbocycles. The summed E-state index contributed by atoms with van der Waals surface area (Å²) in [5.74, 6) is -0.415. The monoisotopic (exact) mass is 222 g/mol. The Morgan fingerprint density at radius 1 is 1.43 bits per heavy atom. The number of hydrogen-bond donors (Lipinski definition) is 1. The Labute approximate surface area is 83.7 Å². The van der Waals surface area contributed by atoms with Crippen LogP contribution in [0.4, 0.5) is 0 Å². The third-order valence-corrected chi connectivity index (χ3v) is 1.80. The molecule has 0 fully saturated rings. The molecule has 1 N–H and O–H groups in total. The van der Waals surface area contributed by atoms with Crippen LogP contribution in [0.5, 0.6) is 0 Å². The summed E-state index contributed by atoms with van der Waals surface area (Å²) in [6.07, 6.45) is 1.19. The fourth-order valence-electron chi connectivity index (χ4n) is 0.652. The topological polar surface area (TPSA) is 72.8 Å². The Kier molecular flexibility index (Phi) is 7.38. The summed E-state index contributed by atoms with van der Waals surface area (Å²) in [5, 5.41) is 0. The van der Waals surface area contributed by atoms with Crippen molar-refractivity contribution in [1.29, 1.82) is 0 Å². The van der Waals surface area contributed by atoms with Gasteiger partial charge in [0.25, 0.3) is 0 Å². The first-order valence-corrected chi connectivity index (χ1v) is 5.48. The molecule has 1 atom stereocenters. The molecule has 0 bridgehead atoms. The van der Waals surface area contributed by atoms with E-state index in [-0.39, 0.29) is 13.2 Å². The standard InChI is InChI=1S/C8H15O5P/c1-7(2)8(9)12-5-3-4-6-13-14(10)11/h14H,1,3-6H2,2H3,(H,10,11). The number of ether oxygens (including phenoxy) is 1. The molecule has 0 spiro atoms. The summed E-state index contributed by atoms with van der Waals surface area (Å²) < 4.78 is 19.3. The van der Waals surface area contributed by atoms with Gasteiger partial charge in [0.15, 0.2) is 0 Å². The van der Waals surface area contributed by atoms with Crippen LogP contribution >= 0.6 is 8.25 Å². The van der Waals surface area contributed by atoms with E-state index < -0.39 is 14.2 Å². The molecule has 0 radical (unpaired) electrons. The Hall–Kier alpha value is -0.640. The van der Waals surface area contributed by atoms with Crippen molar-refractivity contribution in [2.75, 3.05) is 13.2 Å². The lowest BCUT2D eigenvalue weighted by atomic mass is 10.3. The summed E-state index contributed by atoms with van der Waals surface area (Å²) in [7, 11) is -2.82. The fourth-order valence-corrected chi connectivity index (χ4v) is 0.971. The first-order chi connectivity index (χ1) is 6.54. The highest BCUT2D eigenvalue weighted by atomic mass is 31.1. The molecule has 0 saturated carbocycles. The first-order valence-electron chi connectivity index (χ1n) is 4.22. The van der Waals surface area contributed by atoms with Gasteiger partial charge in [-0.3, -0.25) is 4.57 Å². The van der Waals surface area contributed by atoms with E-state index >= 15 is 0 Å². The second kappa shape index (κ2) is 7.74. The first kappa shape index (κ1) is 13.4. The Bertz CT molecular complexity index is 226. The van der Waals surface area contributed by atoms with Gasteiger partial charge < -0.3 is 14.2 Å². The highest BCUT2D eigenvalue weighted by molar-refractivity contribution is 7.32. The zero-order valence-electron chi connectivity index (χ0n) is 8.12. The van der Waals surface area contributed by atoms with Crippen LogP contribution in [-0.2, 0) is 18.6 Å². The SMILES string of the molecule is C=C(C)C(=O)OCCCCO[PH](=O)O. The molecule has 82 valence electrons. The summed E-state index contributed by atoms with van der Waals surface area (Å²) in [4.78, 5) is 19.1. The smallest absolute Gasteiger partial charge is 0.333 e. The van der Waals surface area contributed by atoms with Gasteiger partial charge in [-0.1, -0.05) is 6.58 Å². The van der Waals surface area contributed by atoms with Crippen LogP contribution in [0.15, 0.2) is 12.2 Å². The van der Waals surface area contributed by atoms with Crippen LogP contribution in [-0.4, -0.2) is 24.1 Å². The molecule has 5 nitrogen and oxygen atoms in total. The van der Waals surface area contributed by atoms with Crippen molar-refractivity contribution in [3.63, 3.8) is 0 Å². The van der Waals surface area contributed by atoms with Gasteiger partial charge in [-0.15, -0.1) is 0 Å². The minimum absolute atomic E-state index is 0.207. The Morgan fingerprint density at radius 2 is 2.00 bits per heavy atom. The molecule has 0 saturated heterocycles.